The summed E-state index contributed by atoms with van der Waals surface area (Å²) in [5.41, 5.74) is 1.00. The molecule has 0 spiro atoms. The summed E-state index contributed by atoms with van der Waals surface area (Å²) in [5.74, 6) is 0.398. The predicted octanol–water partition coefficient (Wildman–Crippen LogP) is 3.09. The monoisotopic (exact) mass is 337 g/mol. The van der Waals surface area contributed by atoms with E-state index in [2.05, 4.69) is 9.97 Å². The number of imidazole rings is 1. The lowest BCUT2D eigenvalue weighted by Crippen LogP contribution is -2.32. The van der Waals surface area contributed by atoms with E-state index in [-0.39, 0.29) is 17.6 Å². The van der Waals surface area contributed by atoms with Crippen molar-refractivity contribution in [3.63, 3.8) is 0 Å². The zero-order valence-electron chi connectivity index (χ0n) is 13.0. The highest BCUT2D eigenvalue weighted by Gasteiger charge is 2.36. The van der Waals surface area contributed by atoms with Crippen LogP contribution in [0.1, 0.15) is 38.1 Å². The lowest BCUT2D eigenvalue weighted by molar-refractivity contribution is 0.385. The maximum absolute atomic E-state index is 13.9. The van der Waals surface area contributed by atoms with E-state index in [1.165, 1.54) is 10.4 Å². The minimum atomic E-state index is -3.27. The van der Waals surface area contributed by atoms with Crippen LogP contribution in [0.25, 0.3) is 11.3 Å². The van der Waals surface area contributed by atoms with Crippen molar-refractivity contribution in [1.29, 1.82) is 0 Å². The van der Waals surface area contributed by atoms with Gasteiger partial charge in [-0.15, -0.1) is 0 Å². The molecule has 2 aromatic rings. The fourth-order valence-corrected chi connectivity index (χ4v) is 4.79. The van der Waals surface area contributed by atoms with Gasteiger partial charge in [0.15, 0.2) is 0 Å². The van der Waals surface area contributed by atoms with Crippen LogP contribution < -0.4 is 0 Å². The second-order valence-electron chi connectivity index (χ2n) is 5.75. The molecule has 1 aliphatic heterocycles. The number of nitrogens with one attached hydrogen (secondary N) is 1. The van der Waals surface area contributed by atoms with Crippen molar-refractivity contribution >= 4 is 10.0 Å². The Morgan fingerprint density at radius 2 is 2.17 bits per heavy atom. The number of aromatic nitrogens is 2. The van der Waals surface area contributed by atoms with Gasteiger partial charge in [0.05, 0.1) is 23.7 Å². The molecule has 124 valence electrons. The number of nitrogens with zero attached hydrogens (tertiary/aromatic N) is 2. The fraction of sp³-hybridized carbons (Fsp3) is 0.438. The molecule has 7 heteroatoms. The van der Waals surface area contributed by atoms with Gasteiger partial charge < -0.3 is 4.98 Å². The second-order valence-corrected chi connectivity index (χ2v) is 7.79. The highest BCUT2D eigenvalue weighted by atomic mass is 32.2. The summed E-state index contributed by atoms with van der Waals surface area (Å²) in [6.45, 7) is 2.37. The van der Waals surface area contributed by atoms with Gasteiger partial charge in [-0.1, -0.05) is 19.1 Å². The molecule has 1 aromatic carbocycles. The molecule has 1 aliphatic rings. The number of benzene rings is 1. The average molecular weight is 337 g/mol. The van der Waals surface area contributed by atoms with E-state index in [1.807, 2.05) is 6.92 Å². The SMILES string of the molecule is CCCS(=O)(=O)N1CCC[C@@H]1c1ncc(-c2ccccc2F)[nH]1. The molecular formula is C16H20FN3O2S. The zero-order chi connectivity index (χ0) is 16.4. The van der Waals surface area contributed by atoms with E-state index >= 15 is 0 Å². The molecule has 1 N–H and O–H groups in total. The third-order valence-electron chi connectivity index (χ3n) is 4.10. The van der Waals surface area contributed by atoms with Gasteiger partial charge in [0, 0.05) is 12.1 Å². The summed E-state index contributed by atoms with van der Waals surface area (Å²) in [7, 11) is -3.27. The van der Waals surface area contributed by atoms with Gasteiger partial charge in [-0.3, -0.25) is 0 Å². The van der Waals surface area contributed by atoms with Crippen molar-refractivity contribution in [3.05, 3.63) is 42.1 Å². The van der Waals surface area contributed by atoms with Crippen LogP contribution in [0.4, 0.5) is 4.39 Å². The highest BCUT2D eigenvalue weighted by Crippen LogP contribution is 2.34. The topological polar surface area (TPSA) is 66.1 Å². The number of hydrogen-bond donors (Lipinski definition) is 1. The smallest absolute Gasteiger partial charge is 0.214 e. The molecule has 2 heterocycles. The van der Waals surface area contributed by atoms with Crippen LogP contribution in [0.5, 0.6) is 0 Å². The van der Waals surface area contributed by atoms with Gasteiger partial charge in [-0.25, -0.2) is 17.8 Å². The lowest BCUT2D eigenvalue weighted by Gasteiger charge is -2.22. The average Bonchev–Trinajstić information content (AvgIpc) is 3.17. The first kappa shape index (κ1) is 16.1. The van der Waals surface area contributed by atoms with E-state index in [1.54, 1.807) is 24.4 Å². The molecule has 1 saturated heterocycles. The van der Waals surface area contributed by atoms with Crippen molar-refractivity contribution in [3.8, 4) is 11.3 Å². The van der Waals surface area contributed by atoms with Gasteiger partial charge in [-0.2, -0.15) is 4.31 Å². The van der Waals surface area contributed by atoms with Gasteiger partial charge >= 0.3 is 0 Å². The van der Waals surface area contributed by atoms with Crippen LogP contribution in [0.15, 0.2) is 30.5 Å². The Kier molecular flexibility index (Phi) is 4.50. The summed E-state index contributed by atoms with van der Waals surface area (Å²) in [6, 6.07) is 6.17. The largest absolute Gasteiger partial charge is 0.341 e. The Hall–Kier alpha value is -1.73. The third-order valence-corrected chi connectivity index (χ3v) is 6.17. The Labute approximate surface area is 135 Å². The van der Waals surface area contributed by atoms with Gasteiger partial charge in [0.25, 0.3) is 0 Å². The van der Waals surface area contributed by atoms with Gasteiger partial charge in [0.1, 0.15) is 11.6 Å². The molecule has 0 radical (unpaired) electrons. The van der Waals surface area contributed by atoms with E-state index in [0.717, 1.165) is 12.8 Å². The van der Waals surface area contributed by atoms with Gasteiger partial charge in [0.2, 0.25) is 10.0 Å². The Morgan fingerprint density at radius 1 is 1.39 bits per heavy atom. The molecule has 3 rings (SSSR count). The van der Waals surface area contributed by atoms with Crippen LogP contribution in [0.2, 0.25) is 0 Å². The Morgan fingerprint density at radius 3 is 2.91 bits per heavy atom. The molecule has 1 aromatic heterocycles. The third kappa shape index (κ3) is 3.16. The van der Waals surface area contributed by atoms with Crippen LogP contribution in [0, 0.1) is 5.82 Å². The summed E-state index contributed by atoms with van der Waals surface area (Å²) >= 11 is 0. The molecule has 1 atom stereocenters. The lowest BCUT2D eigenvalue weighted by atomic mass is 10.1. The molecule has 23 heavy (non-hydrogen) atoms. The molecule has 0 unspecified atom stereocenters. The number of halogens is 1. The Balaban J connectivity index is 1.89. The van der Waals surface area contributed by atoms with Crippen molar-refractivity contribution in [2.24, 2.45) is 0 Å². The van der Waals surface area contributed by atoms with Crippen LogP contribution in [0.3, 0.4) is 0 Å². The number of rotatable bonds is 5. The first-order chi connectivity index (χ1) is 11.0. The normalized spacial score (nSPS) is 19.3. The van der Waals surface area contributed by atoms with Gasteiger partial charge in [-0.05, 0) is 31.4 Å². The van der Waals surface area contributed by atoms with Crippen LogP contribution in [-0.2, 0) is 10.0 Å². The summed E-state index contributed by atoms with van der Waals surface area (Å²) in [5, 5.41) is 0. The van der Waals surface area contributed by atoms with Crippen molar-refractivity contribution in [1.82, 2.24) is 14.3 Å². The van der Waals surface area contributed by atoms with Crippen LogP contribution in [-0.4, -0.2) is 35.0 Å². The molecule has 1 fully saturated rings. The minimum absolute atomic E-state index is 0.143. The van der Waals surface area contributed by atoms with Crippen molar-refractivity contribution in [2.75, 3.05) is 12.3 Å². The quantitative estimate of drug-likeness (QED) is 0.912. The first-order valence-corrected chi connectivity index (χ1v) is 9.43. The van der Waals surface area contributed by atoms with Crippen LogP contribution >= 0.6 is 0 Å². The van der Waals surface area contributed by atoms with E-state index in [9.17, 15) is 12.8 Å². The number of sulfonamides is 1. The summed E-state index contributed by atoms with van der Waals surface area (Å²) < 4.78 is 40.1. The molecule has 0 bridgehead atoms. The molecule has 0 amide bonds. The fourth-order valence-electron chi connectivity index (χ4n) is 3.04. The van der Waals surface area contributed by atoms with E-state index < -0.39 is 10.0 Å². The molecule has 5 nitrogen and oxygen atoms in total. The first-order valence-electron chi connectivity index (χ1n) is 7.82. The maximum Gasteiger partial charge on any atom is 0.214 e. The molecule has 0 saturated carbocycles. The van der Waals surface area contributed by atoms with Crippen molar-refractivity contribution < 1.29 is 12.8 Å². The highest BCUT2D eigenvalue weighted by molar-refractivity contribution is 7.89. The second kappa shape index (κ2) is 6.41. The maximum atomic E-state index is 13.9. The number of hydrogen-bond acceptors (Lipinski definition) is 3. The van der Waals surface area contributed by atoms with Crippen molar-refractivity contribution in [2.45, 2.75) is 32.2 Å². The zero-order valence-corrected chi connectivity index (χ0v) is 13.8. The summed E-state index contributed by atoms with van der Waals surface area (Å²) in [6.07, 6.45) is 3.69. The van der Waals surface area contributed by atoms with E-state index in [0.29, 0.717) is 30.0 Å². The standard InChI is InChI=1S/C16H20FN3O2S/c1-2-10-23(21,22)20-9-5-8-15(20)16-18-11-14(19-16)12-6-3-4-7-13(12)17/h3-4,6-7,11,15H,2,5,8-10H2,1H3,(H,18,19)/t15-/m1/s1. The summed E-state index contributed by atoms with van der Waals surface area (Å²) in [4.78, 5) is 7.41. The number of aromatic amines is 1. The van der Waals surface area contributed by atoms with E-state index in [4.69, 9.17) is 0 Å². The predicted molar refractivity (Wildman–Crippen MR) is 86.7 cm³/mol. The minimum Gasteiger partial charge on any atom is -0.341 e. The number of H-pyrrole nitrogens is 1. The molecular weight excluding hydrogens is 317 g/mol. The Bertz CT molecular complexity index is 788. The molecule has 0 aliphatic carbocycles.